The van der Waals surface area contributed by atoms with E-state index in [1.807, 2.05) is 20.8 Å². The highest BCUT2D eigenvalue weighted by Gasteiger charge is 2.65. The number of halogens is 1. The third kappa shape index (κ3) is 14.4. The van der Waals surface area contributed by atoms with Gasteiger partial charge >= 0.3 is 0 Å². The maximum absolute atomic E-state index is 13.4. The van der Waals surface area contributed by atoms with Gasteiger partial charge in [-0.2, -0.15) is 0 Å². The molecule has 0 bridgehead atoms. The van der Waals surface area contributed by atoms with E-state index in [9.17, 15) is 44.7 Å². The number of carbonyl (C=O) groups excluding carboxylic acids is 4. The van der Waals surface area contributed by atoms with Crippen LogP contribution in [0.2, 0.25) is 0 Å². The number of Topliss-reactive ketones (excluding diaryl/α,β-unsaturated/α-hetero) is 4. The number of hydrogen-bond acceptors (Lipinski definition) is 10. The molecule has 11 heteroatoms. The van der Waals surface area contributed by atoms with E-state index in [2.05, 4.69) is 82.1 Å². The molecule has 10 nitrogen and oxygen atoms in total. The van der Waals surface area contributed by atoms with Crippen LogP contribution in [-0.2, 0) is 19.2 Å². The lowest BCUT2D eigenvalue weighted by atomic mass is 9.48. The van der Waals surface area contributed by atoms with E-state index in [0.29, 0.717) is 142 Å². The summed E-state index contributed by atoms with van der Waals surface area (Å²) in [5, 5.41) is 52.5. The summed E-state index contributed by atoms with van der Waals surface area (Å²) in [6.07, 6.45) is 39.9. The highest BCUT2D eigenvalue weighted by atomic mass is 79.9. The first-order valence-electron chi connectivity index (χ1n) is 43.5. The lowest BCUT2D eigenvalue weighted by Crippen LogP contribution is -2.53. The highest BCUT2D eigenvalue weighted by molar-refractivity contribution is 9.09. The molecule has 0 radical (unpaired) electrons. The van der Waals surface area contributed by atoms with Gasteiger partial charge in [-0.15, -0.1) is 0 Å². The van der Waals surface area contributed by atoms with E-state index in [4.69, 9.17) is 0 Å². The second-order valence-corrected chi connectivity index (χ2v) is 43.0. The molecule has 32 atom stereocenters. The third-order valence-electron chi connectivity index (χ3n) is 36.7. The topological polar surface area (TPSA) is 173 Å². The van der Waals surface area contributed by atoms with Crippen LogP contribution in [0, 0.1) is 164 Å². The van der Waals surface area contributed by atoms with Crippen LogP contribution in [0.25, 0.3) is 0 Å². The summed E-state index contributed by atoms with van der Waals surface area (Å²) in [5.74, 6) is 15.8. The van der Waals surface area contributed by atoms with E-state index < -0.39 is 22.4 Å². The Kier molecular flexibility index (Phi) is 22.2. The summed E-state index contributed by atoms with van der Waals surface area (Å²) in [6, 6.07) is 0. The fourth-order valence-corrected chi connectivity index (χ4v) is 32.2. The first-order chi connectivity index (χ1) is 48.6. The minimum absolute atomic E-state index is 0.0963. The molecule has 0 unspecified atom stereocenters. The monoisotopic (exact) mass is 1490 g/mol. The predicted octanol–water partition coefficient (Wildman–Crippen LogP) is 18.7. The summed E-state index contributed by atoms with van der Waals surface area (Å²) < 4.78 is 0. The molecule has 16 saturated carbocycles. The second kappa shape index (κ2) is 29.3. The number of aliphatic hydroxyl groups is 5. The molecule has 1 saturated heterocycles. The second-order valence-electron chi connectivity index (χ2n) is 42.5. The van der Waals surface area contributed by atoms with Crippen molar-refractivity contribution >= 4 is 39.1 Å². The van der Waals surface area contributed by atoms with Gasteiger partial charge in [-0.05, 0) is 399 Å². The predicted molar refractivity (Wildman–Crippen MR) is 415 cm³/mol. The molecule has 0 aromatic rings. The van der Waals surface area contributed by atoms with Crippen molar-refractivity contribution in [3.63, 3.8) is 0 Å². The number of fused-ring (bicyclic) bond motifs is 20. The lowest BCUT2D eigenvalue weighted by molar-refractivity contribution is -0.149. The first kappa shape index (κ1) is 77.9. The quantitative estimate of drug-likeness (QED) is 0.116. The summed E-state index contributed by atoms with van der Waals surface area (Å²) in [7, 11) is 0. The van der Waals surface area contributed by atoms with Crippen LogP contribution in [0.15, 0.2) is 36.5 Å². The molecule has 0 aromatic heterocycles. The number of ketones is 4. The van der Waals surface area contributed by atoms with Crippen molar-refractivity contribution in [3.05, 3.63) is 36.5 Å². The number of rotatable bonds is 8. The zero-order chi connectivity index (χ0) is 73.5. The van der Waals surface area contributed by atoms with E-state index in [1.165, 1.54) is 140 Å². The van der Waals surface area contributed by atoms with Crippen LogP contribution in [0.1, 0.15) is 293 Å². The Morgan fingerprint density at radius 3 is 1.15 bits per heavy atom. The van der Waals surface area contributed by atoms with Crippen LogP contribution in [0.5, 0.6) is 0 Å². The SMILES string of the molecule is C=C(C)[C@H]1CC[C@H]2[C@@H]3CC(=O)[C@H]4C[C@](C)(O)CC[C@@H]4[C@H]3CC[C@]12C.C=C(CBr)[C@H]1CC[C@H]2[C@@H]3CC(=O)[C@H]4C[C@](C)(O)CC[C@@H]4[C@H]3CC[C@]12C.C=C(CO)[C@H]1CC[C@H]2[C@@H]3CC(=O)[C@H]4C[C@](C)(O)CC[C@@H]4[C@H]3CC[C@]12C.C[C@@]1(O)CC[C@H]2[C@@H](CC[C@@H]3[C@@H]2CC[C@]2(C)[C@@H](C(=O)CN4CCCCC4)CC[C@@H]32)C1. The molecule has 0 aromatic carbocycles. The van der Waals surface area contributed by atoms with Gasteiger partial charge in [0.05, 0.1) is 35.6 Å². The molecule has 578 valence electrons. The number of allylic oxidation sites excluding steroid dienone is 2. The molecule has 5 N–H and O–H groups in total. The number of aliphatic hydroxyl groups excluding tert-OH is 1. The lowest BCUT2D eigenvalue weighted by Gasteiger charge is -2.57. The minimum atomic E-state index is -0.649. The van der Waals surface area contributed by atoms with Gasteiger partial charge in [-0.25, -0.2) is 0 Å². The molecule has 0 spiro atoms. The Balaban J connectivity index is 0.000000116. The van der Waals surface area contributed by atoms with Crippen molar-refractivity contribution in [1.82, 2.24) is 4.90 Å². The Morgan fingerprint density at radius 2 is 0.738 bits per heavy atom. The van der Waals surface area contributed by atoms with Crippen LogP contribution < -0.4 is 0 Å². The third-order valence-corrected chi connectivity index (χ3v) is 37.4. The van der Waals surface area contributed by atoms with Crippen molar-refractivity contribution in [2.75, 3.05) is 31.6 Å². The Hall–Kier alpha value is -1.86. The van der Waals surface area contributed by atoms with Gasteiger partial charge in [-0.1, -0.05) is 80.9 Å². The summed E-state index contributed by atoms with van der Waals surface area (Å²) >= 11 is 3.62. The van der Waals surface area contributed by atoms with Gasteiger partial charge in [0.25, 0.3) is 0 Å². The smallest absolute Gasteiger partial charge is 0.150 e. The van der Waals surface area contributed by atoms with Crippen molar-refractivity contribution in [3.8, 4) is 0 Å². The molecule has 17 aliphatic rings. The average molecular weight is 1490 g/mol. The normalized spacial score (nSPS) is 52.1. The van der Waals surface area contributed by atoms with Crippen molar-refractivity contribution in [2.45, 2.75) is 316 Å². The van der Waals surface area contributed by atoms with Crippen molar-refractivity contribution in [2.24, 2.45) is 164 Å². The Bertz CT molecular complexity index is 3070. The fourth-order valence-electron chi connectivity index (χ4n) is 31.8. The number of carbonyl (C=O) groups is 4. The van der Waals surface area contributed by atoms with Gasteiger partial charge in [0.1, 0.15) is 23.1 Å². The number of nitrogens with zero attached hydrogens (tertiary/aromatic N) is 1. The number of hydrogen-bond donors (Lipinski definition) is 5. The van der Waals surface area contributed by atoms with E-state index in [0.717, 1.165) is 150 Å². The zero-order valence-electron chi connectivity index (χ0n) is 66.2. The number of piperidine rings is 1. The van der Waals surface area contributed by atoms with Gasteiger partial charge in [0.2, 0.25) is 0 Å². The Morgan fingerprint density at radius 1 is 0.398 bits per heavy atom. The van der Waals surface area contributed by atoms with Gasteiger partial charge in [0, 0.05) is 48.3 Å². The molecule has 17 rings (SSSR count). The number of alkyl halides is 1. The first-order valence-corrected chi connectivity index (χ1v) is 44.7. The molecule has 16 aliphatic carbocycles. The summed E-state index contributed by atoms with van der Waals surface area (Å²) in [5.41, 5.74) is 2.60. The molecule has 103 heavy (non-hydrogen) atoms. The van der Waals surface area contributed by atoms with Crippen LogP contribution in [0.3, 0.4) is 0 Å². The van der Waals surface area contributed by atoms with Crippen LogP contribution >= 0.6 is 15.9 Å². The van der Waals surface area contributed by atoms with Crippen LogP contribution in [0.4, 0.5) is 0 Å². The summed E-state index contributed by atoms with van der Waals surface area (Å²) in [4.78, 5) is 54.7. The summed E-state index contributed by atoms with van der Waals surface area (Å²) in [6.45, 7) is 35.8. The van der Waals surface area contributed by atoms with Crippen molar-refractivity contribution in [1.29, 1.82) is 0 Å². The Labute approximate surface area is 632 Å². The minimum Gasteiger partial charge on any atom is -0.392 e. The van der Waals surface area contributed by atoms with E-state index in [1.54, 1.807) is 0 Å². The fraction of sp³-hybridized carbons (Fsp3) is 0.891. The molecular formula is C92H144BrNO9. The van der Waals surface area contributed by atoms with E-state index >= 15 is 0 Å². The van der Waals surface area contributed by atoms with Crippen LogP contribution in [-0.4, -0.2) is 108 Å². The van der Waals surface area contributed by atoms with E-state index in [-0.39, 0.29) is 35.2 Å². The standard InChI is InChI=1S/C26H43NO2.C22H33BrO2.C22H34O3.C22H34O2/c1-25(29)12-10-19-18(16-25)6-7-21-20(19)11-13-26(2)22(21)8-9-23(26)24(28)17-27-14-4-3-5-15-27;2*1-13(12-23)18-4-5-19-16-10-20(24)17-11-21(2,25)8-6-15(17)14(16)7-9-22(18,19)3;1-13(2)18-5-6-19-16-11-20(23)17-12-21(3,24)9-7-15(17)14(16)8-10-22(18,19)4/h18-23,29H,3-17H2,1-2H3;14-19,25H,1,4-12H2,2-3H3;14-19,23,25H,1,4-12H2,2-3H3;14-19,24H,1,5-12H2,2-4H3/t18-,19-,20+,21+,22-,23+,25+,26-;3*14-,15-,16-,17+,18-,19+,21-,22-/m0111/s1. The molecule has 17 fully saturated rings. The van der Waals surface area contributed by atoms with Gasteiger partial charge in [-0.3, -0.25) is 24.1 Å². The maximum Gasteiger partial charge on any atom is 0.150 e. The number of likely N-dealkylation sites (tertiary alicyclic amines) is 1. The largest absolute Gasteiger partial charge is 0.392 e. The molecular weight excluding hydrogens is 1340 g/mol. The zero-order valence-corrected chi connectivity index (χ0v) is 67.7. The highest BCUT2D eigenvalue weighted by Crippen LogP contribution is 2.70. The maximum atomic E-state index is 13.4. The van der Waals surface area contributed by atoms with Gasteiger partial charge < -0.3 is 25.5 Å². The van der Waals surface area contributed by atoms with Crippen molar-refractivity contribution < 1.29 is 44.7 Å². The molecule has 1 heterocycles. The molecule has 0 amide bonds. The van der Waals surface area contributed by atoms with Gasteiger partial charge in [0.15, 0.2) is 0 Å². The average Bonchev–Trinajstić information content (AvgIpc) is 1.69. The molecule has 1 aliphatic heterocycles.